The maximum atomic E-state index is 6.01. The van der Waals surface area contributed by atoms with Crippen molar-refractivity contribution < 1.29 is 9.15 Å². The van der Waals surface area contributed by atoms with Crippen LogP contribution in [0.25, 0.3) is 11.0 Å². The van der Waals surface area contributed by atoms with Crippen molar-refractivity contribution >= 4 is 11.0 Å². The van der Waals surface area contributed by atoms with E-state index in [0.29, 0.717) is 13.2 Å². The Hall–Kier alpha value is -1.32. The smallest absolute Gasteiger partial charge is 0.138 e. The predicted molar refractivity (Wildman–Crippen MR) is 78.3 cm³/mol. The summed E-state index contributed by atoms with van der Waals surface area (Å²) in [5.74, 6) is 0.827. The van der Waals surface area contributed by atoms with E-state index in [-0.39, 0.29) is 5.41 Å². The molecule has 0 bridgehead atoms. The van der Waals surface area contributed by atoms with E-state index in [0.717, 1.165) is 22.3 Å². The molecule has 0 amide bonds. The van der Waals surface area contributed by atoms with Crippen LogP contribution >= 0.6 is 0 Å². The molecule has 0 unspecified atom stereocenters. The van der Waals surface area contributed by atoms with Crippen LogP contribution in [0.2, 0.25) is 0 Å². The van der Waals surface area contributed by atoms with E-state index in [1.807, 2.05) is 0 Å². The van der Waals surface area contributed by atoms with Crippen LogP contribution in [0.3, 0.4) is 0 Å². The largest absolute Gasteiger partial charge is 0.459 e. The van der Waals surface area contributed by atoms with Gasteiger partial charge in [-0.15, -0.1) is 0 Å². The third-order valence-corrected chi connectivity index (χ3v) is 3.40. The number of methoxy groups -OCH3 is 1. The number of hydrogen-bond donors (Lipinski definition) is 1. The highest BCUT2D eigenvalue weighted by atomic mass is 16.5. The minimum atomic E-state index is 0.0400. The fourth-order valence-corrected chi connectivity index (χ4v) is 2.47. The Balaban J connectivity index is 2.79. The Bertz CT molecular complexity index is 591. The molecule has 19 heavy (non-hydrogen) atoms. The van der Waals surface area contributed by atoms with Crippen molar-refractivity contribution in [1.29, 1.82) is 0 Å². The number of nitrogens with two attached hydrogens (primary N) is 1. The number of fused-ring (bicyclic) bond motifs is 1. The summed E-state index contributed by atoms with van der Waals surface area (Å²) in [6.07, 6.45) is 0. The average molecular weight is 261 g/mol. The lowest BCUT2D eigenvalue weighted by atomic mass is 9.85. The number of furan rings is 1. The maximum Gasteiger partial charge on any atom is 0.138 e. The molecule has 1 heterocycles. The topological polar surface area (TPSA) is 48.4 Å². The number of hydrogen-bond acceptors (Lipinski definition) is 3. The molecule has 0 radical (unpaired) electrons. The second-order valence-electron chi connectivity index (χ2n) is 6.08. The number of rotatable bonds is 3. The molecular formula is C16H23NO2. The third-order valence-electron chi connectivity index (χ3n) is 3.40. The van der Waals surface area contributed by atoms with Crippen molar-refractivity contribution in [2.24, 2.45) is 5.73 Å². The van der Waals surface area contributed by atoms with E-state index >= 15 is 0 Å². The molecule has 2 aromatic rings. The summed E-state index contributed by atoms with van der Waals surface area (Å²) in [6, 6.07) is 4.35. The lowest BCUT2D eigenvalue weighted by Crippen LogP contribution is -2.11. The summed E-state index contributed by atoms with van der Waals surface area (Å²) in [7, 11) is 1.69. The quantitative estimate of drug-likeness (QED) is 0.917. The van der Waals surface area contributed by atoms with Crippen LogP contribution in [0.1, 0.15) is 43.2 Å². The minimum absolute atomic E-state index is 0.0400. The standard InChI is InChI=1S/C16H23NO2/c1-10-6-11-12(9-18-5)14(8-17)19-15(11)13(7-10)16(2,3)4/h6-7H,8-9,17H2,1-5H3. The van der Waals surface area contributed by atoms with Gasteiger partial charge in [-0.3, -0.25) is 0 Å². The number of ether oxygens (including phenoxy) is 1. The molecule has 0 atom stereocenters. The van der Waals surface area contributed by atoms with Crippen molar-refractivity contribution in [3.8, 4) is 0 Å². The highest BCUT2D eigenvalue weighted by molar-refractivity contribution is 5.86. The summed E-state index contributed by atoms with van der Waals surface area (Å²) >= 11 is 0. The van der Waals surface area contributed by atoms with Crippen molar-refractivity contribution in [2.75, 3.05) is 7.11 Å². The van der Waals surface area contributed by atoms with Gasteiger partial charge in [0, 0.05) is 23.6 Å². The molecular weight excluding hydrogens is 238 g/mol. The zero-order valence-corrected chi connectivity index (χ0v) is 12.5. The van der Waals surface area contributed by atoms with Gasteiger partial charge in [-0.05, 0) is 24.0 Å². The van der Waals surface area contributed by atoms with Crippen LogP contribution in [0.4, 0.5) is 0 Å². The summed E-state index contributed by atoms with van der Waals surface area (Å²) < 4.78 is 11.3. The zero-order chi connectivity index (χ0) is 14.2. The molecule has 0 aliphatic heterocycles. The molecule has 3 heteroatoms. The molecule has 0 aliphatic carbocycles. The molecule has 104 valence electrons. The normalized spacial score (nSPS) is 12.3. The Morgan fingerprint density at radius 3 is 2.47 bits per heavy atom. The lowest BCUT2D eigenvalue weighted by molar-refractivity contribution is 0.184. The van der Waals surface area contributed by atoms with Gasteiger partial charge in [-0.1, -0.05) is 26.8 Å². The van der Waals surface area contributed by atoms with E-state index in [2.05, 4.69) is 39.8 Å². The van der Waals surface area contributed by atoms with Gasteiger partial charge in [0.05, 0.1) is 13.2 Å². The van der Waals surface area contributed by atoms with Crippen LogP contribution in [-0.4, -0.2) is 7.11 Å². The third kappa shape index (κ3) is 2.53. The van der Waals surface area contributed by atoms with Gasteiger partial charge in [0.15, 0.2) is 0 Å². The molecule has 0 fully saturated rings. The fourth-order valence-electron chi connectivity index (χ4n) is 2.47. The Kier molecular flexibility index (Phi) is 3.70. The minimum Gasteiger partial charge on any atom is -0.459 e. The van der Waals surface area contributed by atoms with Crippen LogP contribution in [-0.2, 0) is 23.3 Å². The lowest BCUT2D eigenvalue weighted by Gasteiger charge is -2.19. The van der Waals surface area contributed by atoms with E-state index in [4.69, 9.17) is 14.9 Å². The Morgan fingerprint density at radius 2 is 1.95 bits per heavy atom. The van der Waals surface area contributed by atoms with E-state index in [9.17, 15) is 0 Å². The predicted octanol–water partition coefficient (Wildman–Crippen LogP) is 3.64. The highest BCUT2D eigenvalue weighted by Crippen LogP contribution is 2.36. The van der Waals surface area contributed by atoms with Crippen LogP contribution in [0.15, 0.2) is 16.5 Å². The second-order valence-corrected chi connectivity index (χ2v) is 6.08. The fraction of sp³-hybridized carbons (Fsp3) is 0.500. The number of benzene rings is 1. The molecule has 1 aromatic carbocycles. The Labute approximate surface area is 114 Å². The first-order chi connectivity index (χ1) is 8.88. The van der Waals surface area contributed by atoms with Gasteiger partial charge in [0.25, 0.3) is 0 Å². The summed E-state index contributed by atoms with van der Waals surface area (Å²) in [4.78, 5) is 0. The first-order valence-corrected chi connectivity index (χ1v) is 6.63. The molecule has 3 nitrogen and oxygen atoms in total. The summed E-state index contributed by atoms with van der Waals surface area (Å²) in [5.41, 5.74) is 10.3. The van der Waals surface area contributed by atoms with Gasteiger partial charge in [-0.25, -0.2) is 0 Å². The van der Waals surface area contributed by atoms with Gasteiger partial charge < -0.3 is 14.9 Å². The highest BCUT2D eigenvalue weighted by Gasteiger charge is 2.23. The SMILES string of the molecule is COCc1c(CN)oc2c(C(C)(C)C)cc(C)cc12. The van der Waals surface area contributed by atoms with Crippen molar-refractivity contribution in [3.63, 3.8) is 0 Å². The van der Waals surface area contributed by atoms with Crippen molar-refractivity contribution in [1.82, 2.24) is 0 Å². The average Bonchev–Trinajstić information content (AvgIpc) is 2.66. The number of aryl methyl sites for hydroxylation is 1. The van der Waals surface area contributed by atoms with E-state index < -0.39 is 0 Å². The zero-order valence-electron chi connectivity index (χ0n) is 12.5. The first kappa shape index (κ1) is 14.1. The monoisotopic (exact) mass is 261 g/mol. The van der Waals surface area contributed by atoms with Crippen LogP contribution < -0.4 is 5.73 Å². The first-order valence-electron chi connectivity index (χ1n) is 6.63. The van der Waals surface area contributed by atoms with Gasteiger partial charge in [0.1, 0.15) is 11.3 Å². The molecule has 0 saturated carbocycles. The van der Waals surface area contributed by atoms with Gasteiger partial charge in [0.2, 0.25) is 0 Å². The van der Waals surface area contributed by atoms with E-state index in [1.54, 1.807) is 7.11 Å². The molecule has 1 aromatic heterocycles. The molecule has 0 saturated heterocycles. The summed E-state index contributed by atoms with van der Waals surface area (Å²) in [5, 5.41) is 1.13. The van der Waals surface area contributed by atoms with Gasteiger partial charge >= 0.3 is 0 Å². The van der Waals surface area contributed by atoms with E-state index in [1.165, 1.54) is 11.1 Å². The second kappa shape index (κ2) is 4.99. The molecule has 2 rings (SSSR count). The maximum absolute atomic E-state index is 6.01. The van der Waals surface area contributed by atoms with Crippen LogP contribution in [0.5, 0.6) is 0 Å². The van der Waals surface area contributed by atoms with Crippen molar-refractivity contribution in [3.05, 3.63) is 34.6 Å². The molecule has 0 spiro atoms. The van der Waals surface area contributed by atoms with Gasteiger partial charge in [-0.2, -0.15) is 0 Å². The molecule has 2 N–H and O–H groups in total. The van der Waals surface area contributed by atoms with Crippen LogP contribution in [0, 0.1) is 6.92 Å². The Morgan fingerprint density at radius 1 is 1.26 bits per heavy atom. The van der Waals surface area contributed by atoms with Crippen molar-refractivity contribution in [2.45, 2.75) is 46.3 Å². The summed E-state index contributed by atoms with van der Waals surface area (Å²) in [6.45, 7) is 9.63. The molecule has 0 aliphatic rings.